The van der Waals surface area contributed by atoms with Crippen LogP contribution in [0.3, 0.4) is 0 Å². The van der Waals surface area contributed by atoms with Crippen LogP contribution in [-0.2, 0) is 11.2 Å². The third-order valence-corrected chi connectivity index (χ3v) is 4.31. The normalized spacial score (nSPS) is 10.5. The Hall–Kier alpha value is -3.59. The molecule has 4 aromatic carbocycles. The van der Waals surface area contributed by atoms with Gasteiger partial charge in [0.05, 0.1) is 6.42 Å². The van der Waals surface area contributed by atoms with Crippen LogP contribution in [0.5, 0.6) is 11.5 Å². The molecule has 27 heavy (non-hydrogen) atoms. The zero-order valence-corrected chi connectivity index (χ0v) is 14.8. The zero-order chi connectivity index (χ0) is 18.5. The SMILES string of the molecule is O=C(Cc1cccc(Oc2ccccc2)c1)Nc1cccc2ccccc12. The Morgan fingerprint density at radius 2 is 1.44 bits per heavy atom. The van der Waals surface area contributed by atoms with Gasteiger partial charge in [0.2, 0.25) is 5.91 Å². The van der Waals surface area contributed by atoms with E-state index in [4.69, 9.17) is 4.74 Å². The van der Waals surface area contributed by atoms with Gasteiger partial charge in [0.15, 0.2) is 0 Å². The summed E-state index contributed by atoms with van der Waals surface area (Å²) < 4.78 is 5.84. The number of hydrogen-bond donors (Lipinski definition) is 1. The fourth-order valence-corrected chi connectivity index (χ4v) is 3.06. The molecule has 3 nitrogen and oxygen atoms in total. The van der Waals surface area contributed by atoms with Crippen molar-refractivity contribution in [3.63, 3.8) is 0 Å². The molecule has 0 aliphatic heterocycles. The van der Waals surface area contributed by atoms with E-state index < -0.39 is 0 Å². The minimum Gasteiger partial charge on any atom is -0.457 e. The number of nitrogens with one attached hydrogen (secondary N) is 1. The van der Waals surface area contributed by atoms with Crippen molar-refractivity contribution < 1.29 is 9.53 Å². The Bertz CT molecular complexity index is 1070. The summed E-state index contributed by atoms with van der Waals surface area (Å²) in [6.07, 6.45) is 0.287. The minimum atomic E-state index is -0.0526. The summed E-state index contributed by atoms with van der Waals surface area (Å²) in [7, 11) is 0. The van der Waals surface area contributed by atoms with Crippen LogP contribution in [-0.4, -0.2) is 5.91 Å². The van der Waals surface area contributed by atoms with Gasteiger partial charge in [-0.2, -0.15) is 0 Å². The van der Waals surface area contributed by atoms with Crippen LogP contribution in [0.25, 0.3) is 10.8 Å². The zero-order valence-electron chi connectivity index (χ0n) is 14.8. The van der Waals surface area contributed by atoms with Crippen LogP contribution >= 0.6 is 0 Å². The fraction of sp³-hybridized carbons (Fsp3) is 0.0417. The molecule has 0 aromatic heterocycles. The van der Waals surface area contributed by atoms with Crippen LogP contribution < -0.4 is 10.1 Å². The first-order valence-corrected chi connectivity index (χ1v) is 8.87. The van der Waals surface area contributed by atoms with Crippen molar-refractivity contribution >= 4 is 22.4 Å². The van der Waals surface area contributed by atoms with Crippen molar-refractivity contribution in [1.29, 1.82) is 0 Å². The van der Waals surface area contributed by atoms with E-state index in [9.17, 15) is 4.79 Å². The van der Waals surface area contributed by atoms with E-state index in [0.29, 0.717) is 0 Å². The maximum Gasteiger partial charge on any atom is 0.228 e. The molecule has 0 radical (unpaired) electrons. The Morgan fingerprint density at radius 3 is 2.33 bits per heavy atom. The summed E-state index contributed by atoms with van der Waals surface area (Å²) in [4.78, 5) is 12.5. The number of fused-ring (bicyclic) bond motifs is 1. The molecule has 1 amide bonds. The van der Waals surface area contributed by atoms with E-state index in [1.165, 1.54) is 0 Å². The van der Waals surface area contributed by atoms with Crippen LogP contribution in [0, 0.1) is 0 Å². The molecule has 0 fully saturated rings. The number of hydrogen-bond acceptors (Lipinski definition) is 2. The average molecular weight is 353 g/mol. The molecule has 0 bridgehead atoms. The van der Waals surface area contributed by atoms with Crippen molar-refractivity contribution in [2.24, 2.45) is 0 Å². The first-order valence-electron chi connectivity index (χ1n) is 8.87. The number of benzene rings is 4. The van der Waals surface area contributed by atoms with Crippen LogP contribution in [0.1, 0.15) is 5.56 Å². The van der Waals surface area contributed by atoms with Crippen LogP contribution in [0.15, 0.2) is 97.1 Å². The van der Waals surface area contributed by atoms with Crippen LogP contribution in [0.4, 0.5) is 5.69 Å². The maximum absolute atomic E-state index is 12.5. The second-order valence-corrected chi connectivity index (χ2v) is 6.31. The first kappa shape index (κ1) is 16.9. The lowest BCUT2D eigenvalue weighted by Crippen LogP contribution is -2.14. The molecule has 0 unspecified atom stereocenters. The van der Waals surface area contributed by atoms with Gasteiger partial charge >= 0.3 is 0 Å². The van der Waals surface area contributed by atoms with E-state index >= 15 is 0 Å². The van der Waals surface area contributed by atoms with Crippen molar-refractivity contribution in [3.8, 4) is 11.5 Å². The highest BCUT2D eigenvalue weighted by molar-refractivity contribution is 6.02. The predicted molar refractivity (Wildman–Crippen MR) is 109 cm³/mol. The summed E-state index contributed by atoms with van der Waals surface area (Å²) >= 11 is 0. The minimum absolute atomic E-state index is 0.0526. The van der Waals surface area contributed by atoms with Crippen molar-refractivity contribution in [2.45, 2.75) is 6.42 Å². The quantitative estimate of drug-likeness (QED) is 0.491. The highest BCUT2D eigenvalue weighted by atomic mass is 16.5. The molecule has 0 atom stereocenters. The van der Waals surface area contributed by atoms with E-state index in [1.54, 1.807) is 0 Å². The monoisotopic (exact) mass is 353 g/mol. The Morgan fingerprint density at radius 1 is 0.741 bits per heavy atom. The molecule has 0 spiro atoms. The van der Waals surface area contributed by atoms with Crippen molar-refractivity contribution in [3.05, 3.63) is 103 Å². The van der Waals surface area contributed by atoms with Gasteiger partial charge in [0, 0.05) is 11.1 Å². The summed E-state index contributed by atoms with van der Waals surface area (Å²) in [5, 5.41) is 5.16. The first-order chi connectivity index (χ1) is 13.3. The largest absolute Gasteiger partial charge is 0.457 e. The standard InChI is InChI=1S/C24H19NO2/c26-24(25-23-15-7-10-19-9-4-5-14-22(19)23)17-18-8-6-13-21(16-18)27-20-11-2-1-3-12-20/h1-16H,17H2,(H,25,26). The van der Waals surface area contributed by atoms with Gasteiger partial charge in [-0.3, -0.25) is 4.79 Å². The van der Waals surface area contributed by atoms with Gasteiger partial charge in [-0.25, -0.2) is 0 Å². The van der Waals surface area contributed by atoms with Crippen LogP contribution in [0.2, 0.25) is 0 Å². The fourth-order valence-electron chi connectivity index (χ4n) is 3.06. The Kier molecular flexibility index (Phi) is 4.84. The smallest absolute Gasteiger partial charge is 0.228 e. The second-order valence-electron chi connectivity index (χ2n) is 6.31. The summed E-state index contributed by atoms with van der Waals surface area (Å²) in [5.74, 6) is 1.44. The average Bonchev–Trinajstić information content (AvgIpc) is 2.69. The van der Waals surface area contributed by atoms with Crippen molar-refractivity contribution in [2.75, 3.05) is 5.32 Å². The molecule has 0 heterocycles. The molecular formula is C24H19NO2. The molecule has 0 saturated heterocycles. The van der Waals surface area contributed by atoms with E-state index in [-0.39, 0.29) is 12.3 Å². The second kappa shape index (κ2) is 7.75. The Labute approximate surface area is 158 Å². The lowest BCUT2D eigenvalue weighted by Gasteiger charge is -2.10. The third-order valence-electron chi connectivity index (χ3n) is 4.31. The van der Waals surface area contributed by atoms with Gasteiger partial charge in [0.1, 0.15) is 11.5 Å². The molecule has 3 heteroatoms. The molecule has 0 saturated carbocycles. The van der Waals surface area contributed by atoms with Gasteiger partial charge < -0.3 is 10.1 Å². The number of carbonyl (C=O) groups excluding carboxylic acids is 1. The lowest BCUT2D eigenvalue weighted by atomic mass is 10.1. The Balaban J connectivity index is 1.47. The number of anilines is 1. The van der Waals surface area contributed by atoms with E-state index in [2.05, 4.69) is 5.32 Å². The maximum atomic E-state index is 12.5. The number of ether oxygens (including phenoxy) is 1. The summed E-state index contributed by atoms with van der Waals surface area (Å²) in [6, 6.07) is 31.2. The predicted octanol–water partition coefficient (Wildman–Crippen LogP) is 5.81. The van der Waals surface area contributed by atoms with Gasteiger partial charge in [-0.05, 0) is 41.3 Å². The van der Waals surface area contributed by atoms with Gasteiger partial charge in [-0.15, -0.1) is 0 Å². The van der Waals surface area contributed by atoms with Gasteiger partial charge in [-0.1, -0.05) is 66.7 Å². The molecule has 0 aliphatic carbocycles. The number of para-hydroxylation sites is 1. The topological polar surface area (TPSA) is 38.3 Å². The summed E-state index contributed by atoms with van der Waals surface area (Å²) in [6.45, 7) is 0. The number of rotatable bonds is 5. The number of amides is 1. The van der Waals surface area contributed by atoms with Crippen molar-refractivity contribution in [1.82, 2.24) is 0 Å². The van der Waals surface area contributed by atoms with E-state index in [1.807, 2.05) is 97.1 Å². The molecule has 4 rings (SSSR count). The van der Waals surface area contributed by atoms with Gasteiger partial charge in [0.25, 0.3) is 0 Å². The van der Waals surface area contributed by atoms with E-state index in [0.717, 1.165) is 33.5 Å². The highest BCUT2D eigenvalue weighted by Crippen LogP contribution is 2.24. The lowest BCUT2D eigenvalue weighted by molar-refractivity contribution is -0.115. The molecule has 1 N–H and O–H groups in total. The molecule has 4 aromatic rings. The summed E-state index contributed by atoms with van der Waals surface area (Å²) in [5.41, 5.74) is 1.73. The third kappa shape index (κ3) is 4.15. The molecule has 0 aliphatic rings. The molecule has 132 valence electrons. The molecular weight excluding hydrogens is 334 g/mol. The highest BCUT2D eigenvalue weighted by Gasteiger charge is 2.08. The number of carbonyl (C=O) groups is 1.